The summed E-state index contributed by atoms with van der Waals surface area (Å²) in [5, 5.41) is 4.49. The van der Waals surface area contributed by atoms with E-state index in [4.69, 9.17) is 13.0 Å². The highest BCUT2D eigenvalue weighted by Gasteiger charge is 2.41. The Morgan fingerprint density at radius 3 is 2.75 bits per heavy atom. The number of hydrogen-bond donors (Lipinski definition) is 2. The number of imide groups is 1. The molecule has 4 amide bonds. The van der Waals surface area contributed by atoms with E-state index in [9.17, 15) is 28.0 Å². The third kappa shape index (κ3) is 4.08. The molecule has 1 atom stereocenters. The molecule has 4 rings (SSSR count). The SMILES string of the molecule is [2H]c1cc(Cl)ccc1C(F)(F)C(=O)NCc1ccc2c(c1)CN(C1CCC(=O)NC1=O)C2=O. The van der Waals surface area contributed by atoms with Gasteiger partial charge in [-0.3, -0.25) is 24.5 Å². The maximum Gasteiger partial charge on any atom is 0.349 e. The molecule has 0 saturated carbocycles. The number of nitrogens with zero attached hydrogens (tertiary/aromatic N) is 1. The van der Waals surface area contributed by atoms with Crippen molar-refractivity contribution in [2.75, 3.05) is 0 Å². The molecule has 0 radical (unpaired) electrons. The van der Waals surface area contributed by atoms with Gasteiger partial charge in [-0.1, -0.05) is 35.8 Å². The monoisotopic (exact) mass is 462 g/mol. The summed E-state index contributed by atoms with van der Waals surface area (Å²) in [5.74, 6) is -6.77. The topological polar surface area (TPSA) is 95.6 Å². The molecule has 2 heterocycles. The van der Waals surface area contributed by atoms with E-state index in [2.05, 4.69) is 10.6 Å². The fraction of sp³-hybridized carbons (Fsp3) is 0.273. The molecule has 32 heavy (non-hydrogen) atoms. The van der Waals surface area contributed by atoms with Gasteiger partial charge >= 0.3 is 5.92 Å². The van der Waals surface area contributed by atoms with E-state index in [0.717, 1.165) is 12.1 Å². The van der Waals surface area contributed by atoms with Gasteiger partial charge in [0.2, 0.25) is 11.8 Å². The molecule has 1 unspecified atom stereocenters. The first-order valence-electron chi connectivity index (χ1n) is 10.3. The molecule has 1 fully saturated rings. The summed E-state index contributed by atoms with van der Waals surface area (Å²) in [6.45, 7) is -0.0966. The van der Waals surface area contributed by atoms with Crippen LogP contribution in [-0.2, 0) is 33.4 Å². The second kappa shape index (κ2) is 8.31. The number of benzene rings is 2. The third-order valence-electron chi connectivity index (χ3n) is 5.44. The van der Waals surface area contributed by atoms with Crippen LogP contribution in [0.2, 0.25) is 5.02 Å². The maximum absolute atomic E-state index is 14.5. The number of carbonyl (C=O) groups excluding carboxylic acids is 4. The normalized spacial score (nSPS) is 18.8. The minimum Gasteiger partial charge on any atom is -0.346 e. The molecule has 0 aromatic heterocycles. The first kappa shape index (κ1) is 20.6. The smallest absolute Gasteiger partial charge is 0.346 e. The summed E-state index contributed by atoms with van der Waals surface area (Å²) in [7, 11) is 0. The van der Waals surface area contributed by atoms with E-state index < -0.39 is 35.4 Å². The van der Waals surface area contributed by atoms with Crippen molar-refractivity contribution in [2.24, 2.45) is 0 Å². The lowest BCUT2D eigenvalue weighted by Gasteiger charge is -2.29. The lowest BCUT2D eigenvalue weighted by Crippen LogP contribution is -2.52. The zero-order chi connectivity index (χ0) is 23.9. The summed E-state index contributed by atoms with van der Waals surface area (Å²) in [6.07, 6.45) is 0.362. The summed E-state index contributed by atoms with van der Waals surface area (Å²) < 4.78 is 36.8. The van der Waals surface area contributed by atoms with E-state index in [1.807, 2.05) is 0 Å². The molecule has 0 spiro atoms. The predicted molar refractivity (Wildman–Crippen MR) is 110 cm³/mol. The molecule has 0 bridgehead atoms. The average molecular weight is 463 g/mol. The van der Waals surface area contributed by atoms with Gasteiger partial charge < -0.3 is 10.2 Å². The second-order valence-electron chi connectivity index (χ2n) is 7.57. The minimum atomic E-state index is -3.93. The van der Waals surface area contributed by atoms with Gasteiger partial charge in [0.1, 0.15) is 6.04 Å². The van der Waals surface area contributed by atoms with Crippen molar-refractivity contribution in [3.8, 4) is 0 Å². The molecule has 2 aromatic carbocycles. The van der Waals surface area contributed by atoms with Gasteiger partial charge in [0, 0.05) is 35.7 Å². The Hall–Kier alpha value is -3.33. The Labute approximate surface area is 188 Å². The molecule has 2 aliphatic heterocycles. The van der Waals surface area contributed by atoms with Crippen LogP contribution in [0.1, 0.15) is 41.3 Å². The van der Waals surface area contributed by atoms with Crippen LogP contribution in [0, 0.1) is 0 Å². The molecule has 2 aliphatic rings. The van der Waals surface area contributed by atoms with Gasteiger partial charge in [-0.15, -0.1) is 0 Å². The van der Waals surface area contributed by atoms with Crippen molar-refractivity contribution in [3.63, 3.8) is 0 Å². The predicted octanol–water partition coefficient (Wildman–Crippen LogP) is 2.51. The van der Waals surface area contributed by atoms with Crippen molar-refractivity contribution in [2.45, 2.75) is 37.9 Å². The fourth-order valence-electron chi connectivity index (χ4n) is 3.75. The molecule has 2 N–H and O–H groups in total. The molecular formula is C22H18ClF2N3O4. The number of nitrogens with one attached hydrogen (secondary N) is 2. The molecule has 2 aromatic rings. The van der Waals surface area contributed by atoms with Gasteiger partial charge in [-0.2, -0.15) is 8.78 Å². The van der Waals surface area contributed by atoms with Crippen LogP contribution in [0.25, 0.3) is 0 Å². The maximum atomic E-state index is 14.5. The lowest BCUT2D eigenvalue weighted by molar-refractivity contribution is -0.147. The van der Waals surface area contributed by atoms with Gasteiger partial charge in [-0.05, 0) is 35.7 Å². The zero-order valence-electron chi connectivity index (χ0n) is 17.6. The highest BCUT2D eigenvalue weighted by Crippen LogP contribution is 2.30. The Balaban J connectivity index is 1.44. The van der Waals surface area contributed by atoms with Crippen molar-refractivity contribution in [1.82, 2.24) is 15.5 Å². The van der Waals surface area contributed by atoms with Crippen molar-refractivity contribution >= 4 is 35.2 Å². The van der Waals surface area contributed by atoms with Gasteiger partial charge in [0.25, 0.3) is 11.8 Å². The van der Waals surface area contributed by atoms with E-state index in [1.54, 1.807) is 6.07 Å². The number of hydrogen-bond acceptors (Lipinski definition) is 4. The van der Waals surface area contributed by atoms with E-state index in [1.165, 1.54) is 23.1 Å². The minimum absolute atomic E-state index is 0.110. The number of amides is 4. The van der Waals surface area contributed by atoms with Crippen LogP contribution in [0.5, 0.6) is 0 Å². The molecule has 10 heteroatoms. The van der Waals surface area contributed by atoms with Crippen LogP contribution < -0.4 is 10.6 Å². The van der Waals surface area contributed by atoms with Crippen LogP contribution in [0.15, 0.2) is 42.4 Å². The molecular weight excluding hydrogens is 444 g/mol. The summed E-state index contributed by atoms with van der Waals surface area (Å²) in [6, 6.07) is 6.50. The van der Waals surface area contributed by atoms with Crippen molar-refractivity contribution < 1.29 is 29.3 Å². The number of rotatable bonds is 5. The average Bonchev–Trinajstić information content (AvgIpc) is 3.07. The molecule has 0 aliphatic carbocycles. The Kier molecular flexibility index (Phi) is 5.34. The first-order chi connectivity index (χ1) is 15.6. The van der Waals surface area contributed by atoms with Crippen molar-refractivity contribution in [3.05, 3.63) is 69.7 Å². The van der Waals surface area contributed by atoms with E-state index in [0.29, 0.717) is 16.7 Å². The van der Waals surface area contributed by atoms with Gasteiger partial charge in [-0.25, -0.2) is 0 Å². The number of fused-ring (bicyclic) bond motifs is 1. The quantitative estimate of drug-likeness (QED) is 0.667. The van der Waals surface area contributed by atoms with Gasteiger partial charge in [0.15, 0.2) is 0 Å². The Morgan fingerprint density at radius 2 is 2.03 bits per heavy atom. The van der Waals surface area contributed by atoms with Crippen LogP contribution in [0.4, 0.5) is 8.78 Å². The standard InChI is InChI=1S/C22H18ClF2N3O4/c23-15-4-2-14(3-5-15)22(24,25)21(32)26-10-12-1-6-16-13(9-12)11-28(20(16)31)17-7-8-18(29)27-19(17)30/h1-6,9,17H,7-8,10-11H2,(H,26,32)(H,27,29,30)/i2D. The van der Waals surface area contributed by atoms with Crippen LogP contribution >= 0.6 is 11.6 Å². The summed E-state index contributed by atoms with van der Waals surface area (Å²) in [4.78, 5) is 49.7. The van der Waals surface area contributed by atoms with Crippen LogP contribution in [0.3, 0.4) is 0 Å². The highest BCUT2D eigenvalue weighted by molar-refractivity contribution is 6.30. The highest BCUT2D eigenvalue weighted by atomic mass is 35.5. The number of carbonyl (C=O) groups is 4. The lowest BCUT2D eigenvalue weighted by atomic mass is 10.0. The number of halogens is 3. The molecule has 1 saturated heterocycles. The zero-order valence-corrected chi connectivity index (χ0v) is 17.3. The fourth-order valence-corrected chi connectivity index (χ4v) is 3.87. The van der Waals surface area contributed by atoms with Crippen LogP contribution in [-0.4, -0.2) is 34.6 Å². The number of piperidine rings is 1. The Morgan fingerprint density at radius 1 is 1.25 bits per heavy atom. The summed E-state index contributed by atoms with van der Waals surface area (Å²) >= 11 is 5.69. The molecule has 166 valence electrons. The van der Waals surface area contributed by atoms with E-state index >= 15 is 0 Å². The Bertz CT molecular complexity index is 1190. The van der Waals surface area contributed by atoms with E-state index in [-0.39, 0.29) is 42.8 Å². The second-order valence-corrected chi connectivity index (χ2v) is 8.01. The third-order valence-corrected chi connectivity index (χ3v) is 5.67. The largest absolute Gasteiger partial charge is 0.349 e. The summed E-state index contributed by atoms with van der Waals surface area (Å²) in [5.41, 5.74) is 0.691. The van der Waals surface area contributed by atoms with Crippen molar-refractivity contribution in [1.29, 1.82) is 0 Å². The molecule has 7 nitrogen and oxygen atoms in total. The first-order valence-corrected chi connectivity index (χ1v) is 10.1. The van der Waals surface area contributed by atoms with Gasteiger partial charge in [0.05, 0.1) is 1.37 Å². The number of alkyl halides is 2.